The summed E-state index contributed by atoms with van der Waals surface area (Å²) in [6, 6.07) is 9.85. The Balaban J connectivity index is 1.75. The van der Waals surface area contributed by atoms with Gasteiger partial charge >= 0.3 is 11.7 Å². The molecule has 0 bridgehead atoms. The number of ether oxygens (including phenoxy) is 1. The van der Waals surface area contributed by atoms with E-state index in [9.17, 15) is 14.4 Å². The van der Waals surface area contributed by atoms with Crippen LogP contribution in [0.4, 0.5) is 4.79 Å². The zero-order chi connectivity index (χ0) is 23.5. The first kappa shape index (κ1) is 23.3. The number of rotatable bonds is 9. The molecule has 3 aromatic rings. The van der Waals surface area contributed by atoms with Gasteiger partial charge < -0.3 is 14.5 Å². The molecule has 1 fully saturated rings. The predicted molar refractivity (Wildman–Crippen MR) is 130 cm³/mol. The van der Waals surface area contributed by atoms with E-state index in [0.717, 1.165) is 16.0 Å². The number of methoxy groups -OCH3 is 1. The third kappa shape index (κ3) is 4.47. The van der Waals surface area contributed by atoms with Crippen LogP contribution in [0.15, 0.2) is 39.9 Å². The van der Waals surface area contributed by atoms with Gasteiger partial charge in [0.05, 0.1) is 25.1 Å². The van der Waals surface area contributed by atoms with Crippen molar-refractivity contribution in [2.45, 2.75) is 39.9 Å². The number of hydrogen-bond donors (Lipinski definition) is 0. The number of aromatic nitrogens is 2. The monoisotopic (exact) mass is 470 g/mol. The Kier molecular flexibility index (Phi) is 6.99. The maximum atomic E-state index is 13.5. The van der Waals surface area contributed by atoms with Crippen LogP contribution in [0.2, 0.25) is 0 Å². The molecular formula is C24H30N4O4S. The van der Waals surface area contributed by atoms with Crippen LogP contribution in [0.25, 0.3) is 10.2 Å². The molecule has 3 heterocycles. The molecule has 1 aliphatic heterocycles. The molecule has 0 aliphatic carbocycles. The summed E-state index contributed by atoms with van der Waals surface area (Å²) in [4.78, 5) is 44.6. The van der Waals surface area contributed by atoms with E-state index in [4.69, 9.17) is 4.74 Å². The number of likely N-dealkylation sites (N-methyl/N-ethyl adjacent to an activating group) is 1. The van der Waals surface area contributed by atoms with Crippen LogP contribution >= 0.6 is 11.3 Å². The Morgan fingerprint density at radius 1 is 1.00 bits per heavy atom. The molecular weight excluding hydrogens is 440 g/mol. The number of thiophene rings is 1. The van der Waals surface area contributed by atoms with Crippen LogP contribution in [0.1, 0.15) is 22.9 Å². The largest absolute Gasteiger partial charge is 0.383 e. The second kappa shape index (κ2) is 9.93. The van der Waals surface area contributed by atoms with Gasteiger partial charge in [-0.3, -0.25) is 13.9 Å². The minimum absolute atomic E-state index is 0.0198. The van der Waals surface area contributed by atoms with Crippen LogP contribution in [-0.2, 0) is 30.8 Å². The van der Waals surface area contributed by atoms with E-state index in [1.165, 1.54) is 15.9 Å². The Morgan fingerprint density at radius 2 is 1.73 bits per heavy atom. The molecule has 2 aromatic heterocycles. The van der Waals surface area contributed by atoms with Crippen molar-refractivity contribution < 1.29 is 9.53 Å². The first-order valence-electron chi connectivity index (χ1n) is 11.3. The second-order valence-corrected chi connectivity index (χ2v) is 9.32. The summed E-state index contributed by atoms with van der Waals surface area (Å²) in [6.07, 6.45) is 0.594. The third-order valence-corrected chi connectivity index (χ3v) is 7.58. The van der Waals surface area contributed by atoms with Crippen molar-refractivity contribution in [2.75, 3.05) is 33.4 Å². The molecule has 0 radical (unpaired) electrons. The van der Waals surface area contributed by atoms with Crippen molar-refractivity contribution in [3.63, 3.8) is 0 Å². The van der Waals surface area contributed by atoms with E-state index in [1.807, 2.05) is 54.0 Å². The van der Waals surface area contributed by atoms with Gasteiger partial charge in [-0.25, -0.2) is 9.59 Å². The molecule has 0 saturated carbocycles. The summed E-state index contributed by atoms with van der Waals surface area (Å²) in [5, 5.41) is 0.567. The van der Waals surface area contributed by atoms with E-state index in [-0.39, 0.29) is 17.3 Å². The normalized spacial score (nSPS) is 14.1. The number of amides is 2. The molecule has 33 heavy (non-hydrogen) atoms. The van der Waals surface area contributed by atoms with Gasteiger partial charge in [0.2, 0.25) is 0 Å². The van der Waals surface area contributed by atoms with Gasteiger partial charge in [0, 0.05) is 38.2 Å². The summed E-state index contributed by atoms with van der Waals surface area (Å²) in [5.41, 5.74) is 1.34. The standard InChI is InChI=1S/C24H30N4O4S/c1-4-25-12-13-26(23(25)30)16-19-17(2)20-21(29)27(11-10-18-8-6-5-7-9-18)24(31)28(14-15-32-3)22(20)33-19/h5-9H,4,10-16H2,1-3H3. The number of fused-ring (bicyclic) bond motifs is 1. The highest BCUT2D eigenvalue weighted by Crippen LogP contribution is 2.30. The van der Waals surface area contributed by atoms with Crippen LogP contribution in [0.3, 0.4) is 0 Å². The molecule has 8 nitrogen and oxygen atoms in total. The van der Waals surface area contributed by atoms with Gasteiger partial charge in [0.25, 0.3) is 5.56 Å². The first-order valence-corrected chi connectivity index (χ1v) is 12.1. The molecule has 4 rings (SSSR count). The minimum Gasteiger partial charge on any atom is -0.383 e. The number of aryl methyl sites for hydroxylation is 2. The highest BCUT2D eigenvalue weighted by atomic mass is 32.1. The summed E-state index contributed by atoms with van der Waals surface area (Å²) in [7, 11) is 1.59. The molecule has 2 amide bonds. The molecule has 0 unspecified atom stereocenters. The van der Waals surface area contributed by atoms with E-state index < -0.39 is 0 Å². The molecule has 0 N–H and O–H groups in total. The van der Waals surface area contributed by atoms with E-state index in [0.29, 0.717) is 62.5 Å². The van der Waals surface area contributed by atoms with Gasteiger partial charge in [0.15, 0.2) is 0 Å². The van der Waals surface area contributed by atoms with Gasteiger partial charge in [-0.2, -0.15) is 0 Å². The van der Waals surface area contributed by atoms with Crippen molar-refractivity contribution in [1.29, 1.82) is 0 Å². The number of nitrogens with zero attached hydrogens (tertiary/aromatic N) is 4. The zero-order valence-electron chi connectivity index (χ0n) is 19.4. The number of carbonyl (C=O) groups is 1. The summed E-state index contributed by atoms with van der Waals surface area (Å²) in [5.74, 6) is 0. The average molecular weight is 471 g/mol. The fourth-order valence-corrected chi connectivity index (χ4v) is 5.63. The van der Waals surface area contributed by atoms with Crippen LogP contribution < -0.4 is 11.2 Å². The van der Waals surface area contributed by atoms with Gasteiger partial charge in [0.1, 0.15) is 4.83 Å². The van der Waals surface area contributed by atoms with Crippen LogP contribution in [0.5, 0.6) is 0 Å². The van der Waals surface area contributed by atoms with Crippen molar-refractivity contribution in [3.05, 3.63) is 67.2 Å². The number of carbonyl (C=O) groups excluding carboxylic acids is 1. The smallest absolute Gasteiger partial charge is 0.332 e. The van der Waals surface area contributed by atoms with Crippen molar-refractivity contribution in [2.24, 2.45) is 0 Å². The highest BCUT2D eigenvalue weighted by molar-refractivity contribution is 7.18. The lowest BCUT2D eigenvalue weighted by molar-refractivity contribution is 0.186. The van der Waals surface area contributed by atoms with Crippen LogP contribution in [-0.4, -0.2) is 58.3 Å². The fraction of sp³-hybridized carbons (Fsp3) is 0.458. The Morgan fingerprint density at radius 3 is 2.39 bits per heavy atom. The predicted octanol–water partition coefficient (Wildman–Crippen LogP) is 2.68. The molecule has 1 aromatic carbocycles. The molecule has 1 saturated heterocycles. The lowest BCUT2D eigenvalue weighted by Crippen LogP contribution is -2.40. The Hall–Kier alpha value is -2.91. The van der Waals surface area contributed by atoms with Crippen molar-refractivity contribution in [1.82, 2.24) is 18.9 Å². The van der Waals surface area contributed by atoms with Crippen molar-refractivity contribution >= 4 is 27.6 Å². The Bertz CT molecular complexity index is 1260. The number of benzene rings is 1. The first-order chi connectivity index (χ1) is 16.0. The Labute approximate surface area is 196 Å². The fourth-order valence-electron chi connectivity index (χ4n) is 4.30. The topological polar surface area (TPSA) is 76.8 Å². The molecule has 0 spiro atoms. The quantitative estimate of drug-likeness (QED) is 0.482. The summed E-state index contributed by atoms with van der Waals surface area (Å²) < 4.78 is 8.22. The molecule has 176 valence electrons. The maximum absolute atomic E-state index is 13.5. The third-order valence-electron chi connectivity index (χ3n) is 6.28. The molecule has 9 heteroatoms. The van der Waals surface area contributed by atoms with Gasteiger partial charge in [-0.1, -0.05) is 30.3 Å². The molecule has 0 atom stereocenters. The maximum Gasteiger partial charge on any atom is 0.332 e. The lowest BCUT2D eigenvalue weighted by atomic mass is 10.1. The lowest BCUT2D eigenvalue weighted by Gasteiger charge is -2.16. The summed E-state index contributed by atoms with van der Waals surface area (Å²) >= 11 is 1.43. The van der Waals surface area contributed by atoms with Crippen LogP contribution in [0, 0.1) is 6.92 Å². The van der Waals surface area contributed by atoms with E-state index >= 15 is 0 Å². The van der Waals surface area contributed by atoms with Crippen molar-refractivity contribution in [3.8, 4) is 0 Å². The van der Waals surface area contributed by atoms with Gasteiger partial charge in [-0.05, 0) is 31.4 Å². The summed E-state index contributed by atoms with van der Waals surface area (Å²) in [6.45, 7) is 7.44. The number of hydrogen-bond acceptors (Lipinski definition) is 5. The highest BCUT2D eigenvalue weighted by Gasteiger charge is 2.29. The molecule has 1 aliphatic rings. The zero-order valence-corrected chi connectivity index (χ0v) is 20.2. The average Bonchev–Trinajstić information content (AvgIpc) is 3.34. The minimum atomic E-state index is -0.317. The SMILES string of the molecule is CCN1CCN(Cc2sc3c(c2C)c(=O)n(CCc2ccccc2)c(=O)n3CCOC)C1=O. The second-order valence-electron chi connectivity index (χ2n) is 8.23. The van der Waals surface area contributed by atoms with Gasteiger partial charge in [-0.15, -0.1) is 11.3 Å². The van der Waals surface area contributed by atoms with E-state index in [1.54, 1.807) is 11.7 Å². The number of urea groups is 1. The van der Waals surface area contributed by atoms with E-state index in [2.05, 4.69) is 0 Å².